The quantitative estimate of drug-likeness (QED) is 0.777. The third-order valence-electron chi connectivity index (χ3n) is 5.08. The Bertz CT molecular complexity index is 1030. The number of hydrogen-bond donors (Lipinski definition) is 1. The Balaban J connectivity index is 1.35. The van der Waals surface area contributed by atoms with Gasteiger partial charge in [-0.15, -0.1) is 0 Å². The Morgan fingerprint density at radius 1 is 1.14 bits per heavy atom. The van der Waals surface area contributed by atoms with E-state index in [4.69, 9.17) is 9.47 Å². The van der Waals surface area contributed by atoms with Gasteiger partial charge in [-0.3, -0.25) is 0 Å². The minimum atomic E-state index is -3.63. The molecule has 0 saturated carbocycles. The van der Waals surface area contributed by atoms with Gasteiger partial charge in [0.1, 0.15) is 19.3 Å². The second-order valence-corrected chi connectivity index (χ2v) is 8.70. The number of hydrogen-bond acceptors (Lipinski definition) is 8. The van der Waals surface area contributed by atoms with Gasteiger partial charge in [-0.25, -0.2) is 23.1 Å². The van der Waals surface area contributed by atoms with Gasteiger partial charge in [0.2, 0.25) is 10.0 Å². The molecular formula is C19H21N5O4S. The lowest BCUT2D eigenvalue weighted by Gasteiger charge is -2.32. The molecule has 2 aromatic rings. The summed E-state index contributed by atoms with van der Waals surface area (Å²) in [6.07, 6.45) is 4.67. The molecule has 0 radical (unpaired) electrons. The Morgan fingerprint density at radius 3 is 2.62 bits per heavy atom. The summed E-state index contributed by atoms with van der Waals surface area (Å²) in [5.74, 6) is 1.80. The normalized spacial score (nSPS) is 17.0. The molecular weight excluding hydrogens is 394 g/mol. The zero-order valence-electron chi connectivity index (χ0n) is 15.7. The van der Waals surface area contributed by atoms with Crippen molar-refractivity contribution in [1.29, 1.82) is 5.26 Å². The molecule has 1 N–H and O–H groups in total. The van der Waals surface area contributed by atoms with Crippen LogP contribution in [0.4, 0.5) is 5.82 Å². The largest absolute Gasteiger partial charge is 0.486 e. The number of anilines is 1. The molecule has 9 nitrogen and oxygen atoms in total. The zero-order chi connectivity index (χ0) is 20.3. The molecule has 0 bridgehead atoms. The first-order valence-electron chi connectivity index (χ1n) is 9.42. The van der Waals surface area contributed by atoms with Crippen molar-refractivity contribution in [2.24, 2.45) is 5.92 Å². The van der Waals surface area contributed by atoms with E-state index in [9.17, 15) is 13.7 Å². The van der Waals surface area contributed by atoms with Crippen molar-refractivity contribution in [3.63, 3.8) is 0 Å². The Labute approximate surface area is 169 Å². The molecule has 0 aliphatic carbocycles. The van der Waals surface area contributed by atoms with Gasteiger partial charge in [0.15, 0.2) is 23.0 Å². The van der Waals surface area contributed by atoms with Crippen molar-refractivity contribution in [1.82, 2.24) is 14.7 Å². The highest BCUT2D eigenvalue weighted by Gasteiger charge is 2.25. The van der Waals surface area contributed by atoms with Gasteiger partial charge >= 0.3 is 0 Å². The van der Waals surface area contributed by atoms with Crippen LogP contribution < -0.4 is 19.1 Å². The van der Waals surface area contributed by atoms with Gasteiger partial charge in [0.25, 0.3) is 0 Å². The van der Waals surface area contributed by atoms with E-state index in [0.717, 1.165) is 12.8 Å². The van der Waals surface area contributed by atoms with Crippen LogP contribution in [-0.2, 0) is 10.0 Å². The number of nitriles is 1. The topological polar surface area (TPSA) is 117 Å². The second kappa shape index (κ2) is 8.23. The van der Waals surface area contributed by atoms with E-state index in [0.29, 0.717) is 55.9 Å². The van der Waals surface area contributed by atoms with Crippen molar-refractivity contribution < 1.29 is 17.9 Å². The molecule has 29 heavy (non-hydrogen) atoms. The maximum Gasteiger partial charge on any atom is 0.240 e. The van der Waals surface area contributed by atoms with E-state index in [1.54, 1.807) is 12.3 Å². The zero-order valence-corrected chi connectivity index (χ0v) is 16.6. The highest BCUT2D eigenvalue weighted by molar-refractivity contribution is 7.89. The Hall–Kier alpha value is -2.90. The fourth-order valence-electron chi connectivity index (χ4n) is 3.49. The number of ether oxygens (including phenoxy) is 2. The molecule has 10 heteroatoms. The predicted octanol–water partition coefficient (Wildman–Crippen LogP) is 1.31. The first-order chi connectivity index (χ1) is 14.1. The first kappa shape index (κ1) is 19.4. The number of benzene rings is 1. The minimum Gasteiger partial charge on any atom is -0.486 e. The average molecular weight is 415 g/mol. The lowest BCUT2D eigenvalue weighted by atomic mass is 9.97. The standard InChI is InChI=1S/C19H21N5O4S/c20-12-16-19(22-6-5-21-16)24-7-3-14(4-8-24)13-23-29(25,26)15-1-2-17-18(11-15)28-10-9-27-17/h1-2,5-6,11,14,23H,3-4,7-10,13H2. The molecule has 1 aromatic carbocycles. The maximum absolute atomic E-state index is 12.7. The predicted molar refractivity (Wildman–Crippen MR) is 104 cm³/mol. The van der Waals surface area contributed by atoms with Crippen LogP contribution in [0.3, 0.4) is 0 Å². The summed E-state index contributed by atoms with van der Waals surface area (Å²) in [4.78, 5) is 10.5. The van der Waals surface area contributed by atoms with Gasteiger partial charge in [-0.2, -0.15) is 5.26 Å². The molecule has 1 saturated heterocycles. The maximum atomic E-state index is 12.7. The van der Waals surface area contributed by atoms with E-state index >= 15 is 0 Å². The monoisotopic (exact) mass is 415 g/mol. The summed E-state index contributed by atoms with van der Waals surface area (Å²) < 4.78 is 38.9. The van der Waals surface area contributed by atoms with Gasteiger partial charge < -0.3 is 14.4 Å². The molecule has 0 atom stereocenters. The van der Waals surface area contributed by atoms with E-state index in [2.05, 4.69) is 20.8 Å². The highest BCUT2D eigenvalue weighted by Crippen LogP contribution is 2.32. The summed E-state index contributed by atoms with van der Waals surface area (Å²) in [5.41, 5.74) is 0.310. The van der Waals surface area contributed by atoms with E-state index in [-0.39, 0.29) is 10.8 Å². The SMILES string of the molecule is N#Cc1nccnc1N1CCC(CNS(=O)(=O)c2ccc3c(c2)OCCO3)CC1. The van der Waals surface area contributed by atoms with Crippen molar-refractivity contribution >= 4 is 15.8 Å². The second-order valence-electron chi connectivity index (χ2n) is 6.93. The summed E-state index contributed by atoms with van der Waals surface area (Å²) in [6.45, 7) is 2.62. The molecule has 0 amide bonds. The molecule has 0 spiro atoms. The summed E-state index contributed by atoms with van der Waals surface area (Å²) >= 11 is 0. The van der Waals surface area contributed by atoms with Crippen molar-refractivity contribution in [2.75, 3.05) is 37.7 Å². The first-order valence-corrected chi connectivity index (χ1v) is 10.9. The number of nitrogens with one attached hydrogen (secondary N) is 1. The fourth-order valence-corrected chi connectivity index (χ4v) is 4.62. The van der Waals surface area contributed by atoms with Crippen LogP contribution in [0.5, 0.6) is 11.5 Å². The number of rotatable bonds is 5. The number of sulfonamides is 1. The van der Waals surface area contributed by atoms with Crippen LogP contribution in [0.2, 0.25) is 0 Å². The van der Waals surface area contributed by atoms with Crippen LogP contribution in [-0.4, -0.2) is 51.2 Å². The van der Waals surface area contributed by atoms with Crippen LogP contribution >= 0.6 is 0 Å². The van der Waals surface area contributed by atoms with Crippen LogP contribution in [0.15, 0.2) is 35.5 Å². The molecule has 1 fully saturated rings. The third-order valence-corrected chi connectivity index (χ3v) is 6.51. The molecule has 152 valence electrons. The number of nitrogens with zero attached hydrogens (tertiary/aromatic N) is 4. The van der Waals surface area contributed by atoms with Gasteiger partial charge in [0, 0.05) is 38.1 Å². The van der Waals surface area contributed by atoms with E-state index in [1.807, 2.05) is 4.90 Å². The summed E-state index contributed by atoms with van der Waals surface area (Å²) in [5, 5.41) is 9.18. The summed E-state index contributed by atoms with van der Waals surface area (Å²) in [6, 6.07) is 6.70. The summed E-state index contributed by atoms with van der Waals surface area (Å²) in [7, 11) is -3.63. The van der Waals surface area contributed by atoms with Crippen LogP contribution in [0.1, 0.15) is 18.5 Å². The number of piperidine rings is 1. The van der Waals surface area contributed by atoms with Crippen LogP contribution in [0.25, 0.3) is 0 Å². The average Bonchev–Trinajstić information content (AvgIpc) is 2.77. The third kappa shape index (κ3) is 4.26. The number of fused-ring (bicyclic) bond motifs is 1. The van der Waals surface area contributed by atoms with Gasteiger partial charge in [0.05, 0.1) is 4.90 Å². The van der Waals surface area contributed by atoms with Crippen molar-refractivity contribution in [2.45, 2.75) is 17.7 Å². The van der Waals surface area contributed by atoms with E-state index < -0.39 is 10.0 Å². The van der Waals surface area contributed by atoms with Crippen molar-refractivity contribution in [3.8, 4) is 17.6 Å². The molecule has 1 aromatic heterocycles. The van der Waals surface area contributed by atoms with Gasteiger partial charge in [-0.05, 0) is 30.9 Å². The lowest BCUT2D eigenvalue weighted by molar-refractivity contribution is 0.171. The number of aromatic nitrogens is 2. The van der Waals surface area contributed by atoms with Gasteiger partial charge in [-0.1, -0.05) is 0 Å². The Kier molecular flexibility index (Phi) is 5.51. The molecule has 2 aliphatic rings. The van der Waals surface area contributed by atoms with Crippen LogP contribution in [0, 0.1) is 17.2 Å². The minimum absolute atomic E-state index is 0.164. The fraction of sp³-hybridized carbons (Fsp3) is 0.421. The Morgan fingerprint density at radius 2 is 1.86 bits per heavy atom. The highest BCUT2D eigenvalue weighted by atomic mass is 32.2. The lowest BCUT2D eigenvalue weighted by Crippen LogP contribution is -2.39. The molecule has 2 aliphatic heterocycles. The van der Waals surface area contributed by atoms with E-state index in [1.165, 1.54) is 18.3 Å². The molecule has 3 heterocycles. The molecule has 0 unspecified atom stereocenters. The molecule has 4 rings (SSSR count). The van der Waals surface area contributed by atoms with Crippen molar-refractivity contribution in [3.05, 3.63) is 36.3 Å². The smallest absolute Gasteiger partial charge is 0.240 e.